The largest absolute Gasteiger partial charge is 0.396 e. The van der Waals surface area contributed by atoms with E-state index in [0.29, 0.717) is 15.7 Å². The maximum Gasteiger partial charge on any atom is 0.143 e. The second-order valence-corrected chi connectivity index (χ2v) is 7.53. The molecule has 2 heterocycles. The average Bonchev–Trinajstić information content (AvgIpc) is 3.04. The third kappa shape index (κ3) is 2.53. The molecule has 7 heteroatoms. The minimum absolute atomic E-state index is 0.388. The molecule has 0 amide bonds. The fourth-order valence-corrected chi connectivity index (χ4v) is 4.78. The molecule has 2 aromatic heterocycles. The van der Waals surface area contributed by atoms with E-state index in [0.717, 1.165) is 40.4 Å². The lowest BCUT2D eigenvalue weighted by molar-refractivity contribution is 0.917. The Morgan fingerprint density at radius 3 is 2.65 bits per heavy atom. The molecule has 1 aliphatic rings. The van der Waals surface area contributed by atoms with Gasteiger partial charge in [-0.2, -0.15) is 0 Å². The number of fused-ring (bicyclic) bond motifs is 3. The Kier molecular flexibility index (Phi) is 3.59. The zero-order valence-corrected chi connectivity index (χ0v) is 14.7. The Labute approximate surface area is 147 Å². The van der Waals surface area contributed by atoms with Crippen LogP contribution in [0.2, 0.25) is 10.0 Å². The first-order chi connectivity index (χ1) is 11.0. The summed E-state index contributed by atoms with van der Waals surface area (Å²) in [5, 5.41) is 5.32. The van der Waals surface area contributed by atoms with Crippen LogP contribution in [-0.4, -0.2) is 9.97 Å². The number of rotatable bonds is 2. The lowest BCUT2D eigenvalue weighted by Crippen LogP contribution is -2.00. The van der Waals surface area contributed by atoms with Crippen molar-refractivity contribution in [3.63, 3.8) is 0 Å². The SMILES string of the molecule is Cc1nc(Nc2cc(Cl)c(N)c(Cl)c2)c2c3c(sc2n1)CCC3. The van der Waals surface area contributed by atoms with Gasteiger partial charge in [0.1, 0.15) is 16.5 Å². The van der Waals surface area contributed by atoms with Crippen molar-refractivity contribution in [1.82, 2.24) is 9.97 Å². The summed E-state index contributed by atoms with van der Waals surface area (Å²) in [7, 11) is 0. The number of nitrogen functional groups attached to an aromatic ring is 1. The number of nitrogens with zero attached hydrogens (tertiary/aromatic N) is 2. The van der Waals surface area contributed by atoms with Crippen LogP contribution in [0.25, 0.3) is 10.2 Å². The molecule has 4 rings (SSSR count). The standard InChI is InChI=1S/C16H14Cl2N4S/c1-7-20-15(22-8-5-10(17)14(19)11(18)6-8)13-9-3-2-4-12(9)23-16(13)21-7/h5-6H,2-4,19H2,1H3,(H,20,21,22). The van der Waals surface area contributed by atoms with Crippen LogP contribution in [0.4, 0.5) is 17.2 Å². The van der Waals surface area contributed by atoms with Gasteiger partial charge < -0.3 is 11.1 Å². The first-order valence-corrected chi connectivity index (χ1v) is 8.90. The predicted octanol–water partition coefficient (Wildman–Crippen LogP) is 5.12. The summed E-state index contributed by atoms with van der Waals surface area (Å²) in [6.45, 7) is 1.90. The van der Waals surface area contributed by atoms with Gasteiger partial charge in [0.15, 0.2) is 0 Å². The van der Waals surface area contributed by atoms with Crippen LogP contribution in [-0.2, 0) is 12.8 Å². The maximum atomic E-state index is 6.13. The lowest BCUT2D eigenvalue weighted by atomic mass is 10.2. The minimum atomic E-state index is 0.388. The molecule has 0 saturated carbocycles. The Bertz CT molecular complexity index is 912. The van der Waals surface area contributed by atoms with Crippen LogP contribution in [0.15, 0.2) is 12.1 Å². The number of aromatic nitrogens is 2. The number of aryl methyl sites for hydroxylation is 3. The van der Waals surface area contributed by atoms with E-state index >= 15 is 0 Å². The number of hydrogen-bond acceptors (Lipinski definition) is 5. The van der Waals surface area contributed by atoms with Crippen LogP contribution in [0.1, 0.15) is 22.7 Å². The molecule has 0 spiro atoms. The zero-order chi connectivity index (χ0) is 16.1. The summed E-state index contributed by atoms with van der Waals surface area (Å²) in [6, 6.07) is 3.53. The molecular formula is C16H14Cl2N4S. The van der Waals surface area contributed by atoms with Gasteiger partial charge in [0.2, 0.25) is 0 Å². The topological polar surface area (TPSA) is 63.8 Å². The van der Waals surface area contributed by atoms with Crippen LogP contribution >= 0.6 is 34.5 Å². The molecule has 0 aliphatic heterocycles. The molecule has 0 radical (unpaired) electrons. The third-order valence-corrected chi connectivity index (χ3v) is 5.83. The van der Waals surface area contributed by atoms with Gasteiger partial charge in [-0.1, -0.05) is 23.2 Å². The van der Waals surface area contributed by atoms with E-state index in [1.54, 1.807) is 23.5 Å². The van der Waals surface area contributed by atoms with Crippen LogP contribution < -0.4 is 11.1 Å². The van der Waals surface area contributed by atoms with Crippen molar-refractivity contribution in [1.29, 1.82) is 0 Å². The Morgan fingerprint density at radius 1 is 1.17 bits per heavy atom. The molecule has 1 aromatic carbocycles. The molecule has 3 N–H and O–H groups in total. The molecule has 23 heavy (non-hydrogen) atoms. The van der Waals surface area contributed by atoms with Gasteiger partial charge >= 0.3 is 0 Å². The third-order valence-electron chi connectivity index (χ3n) is 4.02. The molecule has 0 fully saturated rings. The first-order valence-electron chi connectivity index (χ1n) is 7.33. The highest BCUT2D eigenvalue weighted by molar-refractivity contribution is 7.19. The molecule has 0 bridgehead atoms. The summed E-state index contributed by atoms with van der Waals surface area (Å²) in [5.41, 5.74) is 8.33. The maximum absolute atomic E-state index is 6.13. The van der Waals surface area contributed by atoms with Crippen LogP contribution in [0, 0.1) is 6.92 Å². The monoisotopic (exact) mass is 364 g/mol. The van der Waals surface area contributed by atoms with Gasteiger partial charge in [0.25, 0.3) is 0 Å². The molecule has 118 valence electrons. The number of anilines is 3. The summed E-state index contributed by atoms with van der Waals surface area (Å²) < 4.78 is 0. The van der Waals surface area contributed by atoms with Gasteiger partial charge in [0.05, 0.1) is 21.1 Å². The fraction of sp³-hybridized carbons (Fsp3) is 0.250. The van der Waals surface area contributed by atoms with Gasteiger partial charge in [-0.05, 0) is 43.9 Å². The Balaban J connectivity index is 1.86. The smallest absolute Gasteiger partial charge is 0.143 e. The summed E-state index contributed by atoms with van der Waals surface area (Å²) in [4.78, 5) is 11.6. The van der Waals surface area contributed by atoms with Crippen molar-refractivity contribution in [3.8, 4) is 0 Å². The number of nitrogens with two attached hydrogens (primary N) is 1. The summed E-state index contributed by atoms with van der Waals surface area (Å²) in [5.74, 6) is 1.55. The molecule has 0 unspecified atom stereocenters. The molecule has 0 atom stereocenters. The number of thiophene rings is 1. The number of hydrogen-bond donors (Lipinski definition) is 2. The second kappa shape index (κ2) is 5.51. The highest BCUT2D eigenvalue weighted by atomic mass is 35.5. The lowest BCUT2D eigenvalue weighted by Gasteiger charge is -2.11. The van der Waals surface area contributed by atoms with E-state index in [-0.39, 0.29) is 0 Å². The fourth-order valence-electron chi connectivity index (χ4n) is 2.99. The average molecular weight is 365 g/mol. The highest BCUT2D eigenvalue weighted by Crippen LogP contribution is 2.41. The van der Waals surface area contributed by atoms with Crippen molar-refractivity contribution >= 4 is 61.9 Å². The zero-order valence-electron chi connectivity index (χ0n) is 12.4. The Hall–Kier alpha value is -1.56. The number of benzene rings is 1. The summed E-state index contributed by atoms with van der Waals surface area (Å²) in [6.07, 6.45) is 3.41. The van der Waals surface area contributed by atoms with E-state index < -0.39 is 0 Å². The van der Waals surface area contributed by atoms with Crippen molar-refractivity contribution < 1.29 is 0 Å². The Morgan fingerprint density at radius 2 is 1.91 bits per heavy atom. The van der Waals surface area contributed by atoms with E-state index in [4.69, 9.17) is 28.9 Å². The van der Waals surface area contributed by atoms with E-state index in [9.17, 15) is 0 Å². The van der Waals surface area contributed by atoms with Crippen molar-refractivity contribution in [2.45, 2.75) is 26.2 Å². The number of nitrogens with one attached hydrogen (secondary N) is 1. The molecule has 1 aliphatic carbocycles. The van der Waals surface area contributed by atoms with E-state index in [1.807, 2.05) is 6.92 Å². The second-order valence-electron chi connectivity index (χ2n) is 5.64. The van der Waals surface area contributed by atoms with Crippen molar-refractivity contribution in [3.05, 3.63) is 38.4 Å². The molecule has 3 aromatic rings. The highest BCUT2D eigenvalue weighted by Gasteiger charge is 2.22. The molecule has 0 saturated heterocycles. The van der Waals surface area contributed by atoms with Gasteiger partial charge in [-0.25, -0.2) is 9.97 Å². The van der Waals surface area contributed by atoms with E-state index in [2.05, 4.69) is 15.3 Å². The van der Waals surface area contributed by atoms with Crippen molar-refractivity contribution in [2.24, 2.45) is 0 Å². The first kappa shape index (κ1) is 15.0. The minimum Gasteiger partial charge on any atom is -0.396 e. The van der Waals surface area contributed by atoms with Gasteiger partial charge in [-0.15, -0.1) is 11.3 Å². The van der Waals surface area contributed by atoms with Crippen LogP contribution in [0.5, 0.6) is 0 Å². The van der Waals surface area contributed by atoms with Gasteiger partial charge in [0, 0.05) is 10.6 Å². The van der Waals surface area contributed by atoms with Gasteiger partial charge in [-0.3, -0.25) is 0 Å². The normalized spacial score (nSPS) is 13.5. The van der Waals surface area contributed by atoms with Crippen molar-refractivity contribution in [2.75, 3.05) is 11.1 Å². The molecule has 4 nitrogen and oxygen atoms in total. The summed E-state index contributed by atoms with van der Waals surface area (Å²) >= 11 is 14.0. The van der Waals surface area contributed by atoms with Crippen LogP contribution in [0.3, 0.4) is 0 Å². The molecular weight excluding hydrogens is 351 g/mol. The number of halogens is 2. The van der Waals surface area contributed by atoms with E-state index in [1.165, 1.54) is 16.9 Å². The predicted molar refractivity (Wildman–Crippen MR) is 98.3 cm³/mol. The quantitative estimate of drug-likeness (QED) is 0.619.